The third kappa shape index (κ3) is 1.55. The maximum absolute atomic E-state index is 5.88. The van der Waals surface area contributed by atoms with Crippen LogP contribution < -0.4 is 4.90 Å². The SMILES string of the molecule is Clc1csc(N2CCCC23CCOC3)n1. The average Bonchev–Trinajstić information content (AvgIpc) is 2.90. The van der Waals surface area contributed by atoms with E-state index in [1.165, 1.54) is 12.8 Å². The van der Waals surface area contributed by atoms with Crippen LogP contribution >= 0.6 is 22.9 Å². The van der Waals surface area contributed by atoms with Crippen molar-refractivity contribution in [2.24, 2.45) is 0 Å². The van der Waals surface area contributed by atoms with Crippen LogP contribution in [0.25, 0.3) is 0 Å². The molecule has 1 aromatic heterocycles. The summed E-state index contributed by atoms with van der Waals surface area (Å²) in [6, 6.07) is 0. The lowest BCUT2D eigenvalue weighted by atomic mass is 9.96. The minimum atomic E-state index is 0.223. The van der Waals surface area contributed by atoms with E-state index in [4.69, 9.17) is 16.3 Å². The first kappa shape index (κ1) is 9.87. The zero-order chi connectivity index (χ0) is 10.3. The quantitative estimate of drug-likeness (QED) is 0.759. The molecule has 82 valence electrons. The molecule has 3 rings (SSSR count). The second-order valence-electron chi connectivity index (χ2n) is 4.23. The summed E-state index contributed by atoms with van der Waals surface area (Å²) in [5, 5.41) is 3.57. The minimum absolute atomic E-state index is 0.223. The Hall–Kier alpha value is -0.320. The number of halogens is 1. The summed E-state index contributed by atoms with van der Waals surface area (Å²) in [7, 11) is 0. The van der Waals surface area contributed by atoms with Gasteiger partial charge in [0.2, 0.25) is 0 Å². The Morgan fingerprint density at radius 2 is 2.47 bits per heavy atom. The van der Waals surface area contributed by atoms with Crippen LogP contribution in [0.2, 0.25) is 5.15 Å². The monoisotopic (exact) mass is 244 g/mol. The van der Waals surface area contributed by atoms with Crippen LogP contribution in [0.5, 0.6) is 0 Å². The van der Waals surface area contributed by atoms with E-state index >= 15 is 0 Å². The lowest BCUT2D eigenvalue weighted by Crippen LogP contribution is -2.44. The van der Waals surface area contributed by atoms with Crippen molar-refractivity contribution < 1.29 is 4.74 Å². The van der Waals surface area contributed by atoms with Crippen molar-refractivity contribution in [2.45, 2.75) is 24.8 Å². The highest BCUT2D eigenvalue weighted by molar-refractivity contribution is 7.14. The second kappa shape index (κ2) is 3.61. The van der Waals surface area contributed by atoms with E-state index in [2.05, 4.69) is 9.88 Å². The van der Waals surface area contributed by atoms with Gasteiger partial charge in [-0.05, 0) is 19.3 Å². The number of rotatable bonds is 1. The summed E-state index contributed by atoms with van der Waals surface area (Å²) in [4.78, 5) is 6.77. The molecule has 1 spiro atoms. The Kier molecular flexibility index (Phi) is 2.38. The van der Waals surface area contributed by atoms with Crippen LogP contribution in [0.3, 0.4) is 0 Å². The van der Waals surface area contributed by atoms with Crippen molar-refractivity contribution in [3.63, 3.8) is 0 Å². The van der Waals surface area contributed by atoms with Gasteiger partial charge in [0.25, 0.3) is 0 Å². The average molecular weight is 245 g/mol. The van der Waals surface area contributed by atoms with Gasteiger partial charge in [0, 0.05) is 18.5 Å². The number of hydrogen-bond acceptors (Lipinski definition) is 4. The van der Waals surface area contributed by atoms with E-state index in [0.717, 1.165) is 31.3 Å². The highest BCUT2D eigenvalue weighted by Crippen LogP contribution is 2.41. The van der Waals surface area contributed by atoms with Gasteiger partial charge in [0.1, 0.15) is 5.15 Å². The van der Waals surface area contributed by atoms with Gasteiger partial charge in [-0.1, -0.05) is 11.6 Å². The van der Waals surface area contributed by atoms with Crippen molar-refractivity contribution in [1.82, 2.24) is 4.98 Å². The Labute approximate surface area is 98.0 Å². The highest BCUT2D eigenvalue weighted by Gasteiger charge is 2.45. The number of hydrogen-bond donors (Lipinski definition) is 0. The maximum Gasteiger partial charge on any atom is 0.187 e. The van der Waals surface area contributed by atoms with Gasteiger partial charge in [0.05, 0.1) is 12.1 Å². The molecular formula is C10H13ClN2OS. The first-order valence-electron chi connectivity index (χ1n) is 5.27. The number of anilines is 1. The predicted octanol–water partition coefficient (Wildman–Crippen LogP) is 2.56. The van der Waals surface area contributed by atoms with Crippen molar-refractivity contribution >= 4 is 28.1 Å². The summed E-state index contributed by atoms with van der Waals surface area (Å²) >= 11 is 7.51. The fourth-order valence-corrected chi connectivity index (χ4v) is 3.70. The maximum atomic E-state index is 5.88. The molecule has 0 radical (unpaired) electrons. The lowest BCUT2D eigenvalue weighted by molar-refractivity contribution is 0.178. The first-order valence-corrected chi connectivity index (χ1v) is 6.52. The van der Waals surface area contributed by atoms with Crippen LogP contribution in [-0.2, 0) is 4.74 Å². The van der Waals surface area contributed by atoms with Crippen LogP contribution in [0.15, 0.2) is 5.38 Å². The summed E-state index contributed by atoms with van der Waals surface area (Å²) < 4.78 is 5.54. The molecule has 5 heteroatoms. The van der Waals surface area contributed by atoms with Crippen LogP contribution in [-0.4, -0.2) is 30.3 Å². The molecule has 3 nitrogen and oxygen atoms in total. The molecule has 2 aliphatic heterocycles. The zero-order valence-corrected chi connectivity index (χ0v) is 9.98. The number of nitrogens with zero attached hydrogens (tertiary/aromatic N) is 2. The molecule has 1 unspecified atom stereocenters. The summed E-state index contributed by atoms with van der Waals surface area (Å²) in [5.74, 6) is 0. The van der Waals surface area contributed by atoms with Crippen LogP contribution in [0, 0.1) is 0 Å². The van der Waals surface area contributed by atoms with Gasteiger partial charge < -0.3 is 9.64 Å². The lowest BCUT2D eigenvalue weighted by Gasteiger charge is -2.33. The van der Waals surface area contributed by atoms with E-state index in [1.54, 1.807) is 11.3 Å². The first-order chi connectivity index (χ1) is 7.30. The number of thiazole rings is 1. The van der Waals surface area contributed by atoms with Gasteiger partial charge in [0.15, 0.2) is 5.13 Å². The van der Waals surface area contributed by atoms with E-state index in [-0.39, 0.29) is 5.54 Å². The van der Waals surface area contributed by atoms with Crippen molar-refractivity contribution in [1.29, 1.82) is 0 Å². The van der Waals surface area contributed by atoms with E-state index in [0.29, 0.717) is 5.15 Å². The van der Waals surface area contributed by atoms with Crippen molar-refractivity contribution in [3.05, 3.63) is 10.5 Å². The third-order valence-electron chi connectivity index (χ3n) is 3.37. The molecule has 1 atom stereocenters. The Morgan fingerprint density at radius 1 is 1.53 bits per heavy atom. The molecule has 2 aliphatic rings. The Bertz CT molecular complexity index is 357. The van der Waals surface area contributed by atoms with Gasteiger partial charge in [-0.25, -0.2) is 4.98 Å². The van der Waals surface area contributed by atoms with Gasteiger partial charge in [-0.2, -0.15) is 0 Å². The summed E-state index contributed by atoms with van der Waals surface area (Å²) in [5.41, 5.74) is 0.223. The molecule has 15 heavy (non-hydrogen) atoms. The van der Waals surface area contributed by atoms with Gasteiger partial charge >= 0.3 is 0 Å². The fourth-order valence-electron chi connectivity index (χ4n) is 2.61. The van der Waals surface area contributed by atoms with Crippen LogP contribution in [0.1, 0.15) is 19.3 Å². The third-order valence-corrected chi connectivity index (χ3v) is 4.56. The van der Waals surface area contributed by atoms with Crippen molar-refractivity contribution in [3.8, 4) is 0 Å². The summed E-state index contributed by atoms with van der Waals surface area (Å²) in [6.45, 7) is 2.83. The smallest absolute Gasteiger partial charge is 0.187 e. The fraction of sp³-hybridized carbons (Fsp3) is 0.700. The molecule has 0 bridgehead atoms. The molecule has 0 saturated carbocycles. The molecule has 0 amide bonds. The molecule has 0 aromatic carbocycles. The largest absolute Gasteiger partial charge is 0.379 e. The molecule has 2 saturated heterocycles. The zero-order valence-electron chi connectivity index (χ0n) is 8.41. The van der Waals surface area contributed by atoms with Gasteiger partial charge in [-0.15, -0.1) is 11.3 Å². The predicted molar refractivity (Wildman–Crippen MR) is 61.9 cm³/mol. The normalized spacial score (nSPS) is 30.6. The van der Waals surface area contributed by atoms with E-state index < -0.39 is 0 Å². The van der Waals surface area contributed by atoms with Crippen LogP contribution in [0.4, 0.5) is 5.13 Å². The summed E-state index contributed by atoms with van der Waals surface area (Å²) in [6.07, 6.45) is 3.59. The molecule has 3 heterocycles. The Morgan fingerprint density at radius 3 is 3.13 bits per heavy atom. The van der Waals surface area contributed by atoms with Gasteiger partial charge in [-0.3, -0.25) is 0 Å². The second-order valence-corrected chi connectivity index (χ2v) is 5.46. The number of ether oxygens (including phenoxy) is 1. The Balaban J connectivity index is 1.91. The van der Waals surface area contributed by atoms with Crippen molar-refractivity contribution in [2.75, 3.05) is 24.7 Å². The van der Waals surface area contributed by atoms with E-state index in [1.807, 2.05) is 5.38 Å². The number of aromatic nitrogens is 1. The molecule has 0 N–H and O–H groups in total. The highest BCUT2D eigenvalue weighted by atomic mass is 35.5. The molecule has 2 fully saturated rings. The van der Waals surface area contributed by atoms with E-state index in [9.17, 15) is 0 Å². The molecular weight excluding hydrogens is 232 g/mol. The molecule has 1 aromatic rings. The minimum Gasteiger partial charge on any atom is -0.379 e. The topological polar surface area (TPSA) is 25.4 Å². The standard InChI is InChI=1S/C10H13ClN2OS/c11-8-6-15-9(12-8)13-4-1-2-10(13)3-5-14-7-10/h6H,1-5,7H2. The molecule has 0 aliphatic carbocycles.